The molecule has 3 aromatic rings. The highest BCUT2D eigenvalue weighted by Gasteiger charge is 2.43. The molecule has 1 saturated heterocycles. The van der Waals surface area contributed by atoms with Gasteiger partial charge in [0, 0.05) is 36.9 Å². The van der Waals surface area contributed by atoms with Gasteiger partial charge in [-0.05, 0) is 42.3 Å². The number of hydrogen-bond acceptors (Lipinski definition) is 6. The summed E-state index contributed by atoms with van der Waals surface area (Å²) in [7, 11) is 1.29. The number of carbonyl (C=O) groups excluding carboxylic acids is 3. The summed E-state index contributed by atoms with van der Waals surface area (Å²) in [4.78, 5) is 39.6. The maximum atomic E-state index is 13.2. The van der Waals surface area contributed by atoms with Gasteiger partial charge in [0.2, 0.25) is 0 Å². The standard InChI is InChI=1S/C24H24N4O5/c1-3-14-10-16(11-17-13-25-27-20(14)17)22(30)28-8-6-24(7-9-28)26-21(29)18-12-15(23(31)32-2)4-5-19(18)33-24/h4-5,10-13H,3,6-9H2,1-2H3,(H,25,27)(H,26,29). The number of aromatic nitrogens is 2. The lowest BCUT2D eigenvalue weighted by Gasteiger charge is -2.44. The minimum atomic E-state index is -0.878. The lowest BCUT2D eigenvalue weighted by atomic mass is 9.95. The van der Waals surface area contributed by atoms with Gasteiger partial charge in [0.25, 0.3) is 11.8 Å². The summed E-state index contributed by atoms with van der Waals surface area (Å²) >= 11 is 0. The summed E-state index contributed by atoms with van der Waals surface area (Å²) in [5.41, 5.74) is 2.34. The summed E-state index contributed by atoms with van der Waals surface area (Å²) in [6, 6.07) is 8.44. The predicted octanol–water partition coefficient (Wildman–Crippen LogP) is 2.67. The molecule has 3 heterocycles. The van der Waals surface area contributed by atoms with E-state index in [9.17, 15) is 14.4 Å². The molecular weight excluding hydrogens is 424 g/mol. The van der Waals surface area contributed by atoms with Crippen LogP contribution >= 0.6 is 0 Å². The van der Waals surface area contributed by atoms with E-state index < -0.39 is 11.7 Å². The summed E-state index contributed by atoms with van der Waals surface area (Å²) in [6.45, 7) is 2.93. The topological polar surface area (TPSA) is 114 Å². The van der Waals surface area contributed by atoms with Gasteiger partial charge < -0.3 is 19.7 Å². The molecule has 2 aromatic carbocycles. The molecule has 1 aromatic heterocycles. The third kappa shape index (κ3) is 3.59. The largest absolute Gasteiger partial charge is 0.467 e. The van der Waals surface area contributed by atoms with E-state index in [4.69, 9.17) is 9.47 Å². The maximum Gasteiger partial charge on any atom is 0.337 e. The fourth-order valence-electron chi connectivity index (χ4n) is 4.57. The van der Waals surface area contributed by atoms with E-state index in [1.165, 1.54) is 13.2 Å². The monoisotopic (exact) mass is 448 g/mol. The number of aromatic amines is 1. The lowest BCUT2D eigenvalue weighted by Crippen LogP contribution is -2.61. The van der Waals surface area contributed by atoms with E-state index in [1.54, 1.807) is 23.2 Å². The zero-order valence-corrected chi connectivity index (χ0v) is 18.4. The molecule has 2 N–H and O–H groups in total. The molecule has 33 heavy (non-hydrogen) atoms. The average Bonchev–Trinajstić information content (AvgIpc) is 3.31. The number of likely N-dealkylation sites (tertiary alicyclic amines) is 1. The summed E-state index contributed by atoms with van der Waals surface area (Å²) in [6.07, 6.45) is 3.43. The summed E-state index contributed by atoms with van der Waals surface area (Å²) in [5, 5.41) is 10.9. The van der Waals surface area contributed by atoms with Crippen molar-refractivity contribution in [3.05, 3.63) is 58.8 Å². The second kappa shape index (κ2) is 7.91. The normalized spacial score (nSPS) is 16.8. The second-order valence-electron chi connectivity index (χ2n) is 8.37. The van der Waals surface area contributed by atoms with Crippen LogP contribution in [0.5, 0.6) is 5.75 Å². The minimum Gasteiger partial charge on any atom is -0.467 e. The van der Waals surface area contributed by atoms with Crippen LogP contribution in [-0.4, -0.2) is 58.8 Å². The Balaban J connectivity index is 1.32. The first-order chi connectivity index (χ1) is 15.9. The van der Waals surface area contributed by atoms with E-state index in [0.29, 0.717) is 42.8 Å². The fourth-order valence-corrected chi connectivity index (χ4v) is 4.57. The zero-order valence-electron chi connectivity index (χ0n) is 18.4. The van der Waals surface area contributed by atoms with Crippen molar-refractivity contribution >= 4 is 28.7 Å². The molecule has 170 valence electrons. The number of piperidine rings is 1. The number of H-pyrrole nitrogens is 1. The van der Waals surface area contributed by atoms with Gasteiger partial charge in [-0.2, -0.15) is 5.10 Å². The van der Waals surface area contributed by atoms with Crippen molar-refractivity contribution in [3.63, 3.8) is 0 Å². The first-order valence-electron chi connectivity index (χ1n) is 10.9. The number of rotatable bonds is 3. The summed E-state index contributed by atoms with van der Waals surface area (Å²) < 4.78 is 10.9. The van der Waals surface area contributed by atoms with Crippen LogP contribution in [0.25, 0.3) is 10.9 Å². The molecule has 0 aliphatic carbocycles. The van der Waals surface area contributed by atoms with Crippen molar-refractivity contribution in [3.8, 4) is 5.75 Å². The molecule has 0 radical (unpaired) electrons. The third-order valence-corrected chi connectivity index (χ3v) is 6.41. The number of aryl methyl sites for hydroxylation is 1. The molecule has 1 fully saturated rings. The van der Waals surface area contributed by atoms with Gasteiger partial charge in [-0.15, -0.1) is 0 Å². The number of amides is 2. The van der Waals surface area contributed by atoms with E-state index in [-0.39, 0.29) is 17.4 Å². The first-order valence-corrected chi connectivity index (χ1v) is 10.9. The van der Waals surface area contributed by atoms with E-state index in [0.717, 1.165) is 22.9 Å². The maximum absolute atomic E-state index is 13.2. The van der Waals surface area contributed by atoms with Gasteiger partial charge in [0.05, 0.1) is 30.0 Å². The molecular formula is C24H24N4O5. The number of hydrogen-bond donors (Lipinski definition) is 2. The third-order valence-electron chi connectivity index (χ3n) is 6.41. The van der Waals surface area contributed by atoms with Crippen molar-refractivity contribution in [2.75, 3.05) is 20.2 Å². The number of carbonyl (C=O) groups is 3. The molecule has 2 amide bonds. The predicted molar refractivity (Wildman–Crippen MR) is 119 cm³/mol. The Morgan fingerprint density at radius 1 is 1.18 bits per heavy atom. The van der Waals surface area contributed by atoms with Gasteiger partial charge in [-0.25, -0.2) is 4.79 Å². The van der Waals surface area contributed by atoms with Gasteiger partial charge in [0.15, 0.2) is 5.72 Å². The first kappa shape index (κ1) is 21.0. The number of fused-ring (bicyclic) bond motifs is 2. The number of methoxy groups -OCH3 is 1. The number of benzene rings is 2. The minimum absolute atomic E-state index is 0.0482. The molecule has 2 aliphatic rings. The fraction of sp³-hybridized carbons (Fsp3) is 0.333. The van der Waals surface area contributed by atoms with Crippen LogP contribution in [-0.2, 0) is 11.2 Å². The lowest BCUT2D eigenvalue weighted by molar-refractivity contribution is -0.0245. The van der Waals surface area contributed by atoms with Crippen LogP contribution in [0.4, 0.5) is 0 Å². The molecule has 9 heteroatoms. The number of ether oxygens (including phenoxy) is 2. The van der Waals surface area contributed by atoms with E-state index >= 15 is 0 Å². The SMILES string of the molecule is CCc1cc(C(=O)N2CCC3(CC2)NC(=O)c2cc(C(=O)OC)ccc2O3)cc2cn[nH]c12. The molecule has 0 saturated carbocycles. The molecule has 5 rings (SSSR count). The molecule has 0 atom stereocenters. The summed E-state index contributed by atoms with van der Waals surface area (Å²) in [5.74, 6) is -0.450. The molecule has 1 spiro atoms. The van der Waals surface area contributed by atoms with Crippen LogP contribution in [0.2, 0.25) is 0 Å². The van der Waals surface area contributed by atoms with Gasteiger partial charge in [0.1, 0.15) is 5.75 Å². The highest BCUT2D eigenvalue weighted by molar-refractivity contribution is 6.01. The van der Waals surface area contributed by atoms with Crippen molar-refractivity contribution in [1.82, 2.24) is 20.4 Å². The van der Waals surface area contributed by atoms with Gasteiger partial charge >= 0.3 is 5.97 Å². The molecule has 2 aliphatic heterocycles. The smallest absolute Gasteiger partial charge is 0.337 e. The molecule has 9 nitrogen and oxygen atoms in total. The van der Waals surface area contributed by atoms with Crippen molar-refractivity contribution in [1.29, 1.82) is 0 Å². The highest BCUT2D eigenvalue weighted by atomic mass is 16.5. The van der Waals surface area contributed by atoms with Crippen LogP contribution < -0.4 is 10.1 Å². The Morgan fingerprint density at radius 3 is 2.70 bits per heavy atom. The van der Waals surface area contributed by atoms with Crippen LogP contribution in [0.1, 0.15) is 56.4 Å². The van der Waals surface area contributed by atoms with Crippen LogP contribution in [0.15, 0.2) is 36.5 Å². The zero-order chi connectivity index (χ0) is 23.2. The Bertz CT molecular complexity index is 1270. The Kier molecular flexibility index (Phi) is 5.03. The quantitative estimate of drug-likeness (QED) is 0.596. The van der Waals surface area contributed by atoms with Gasteiger partial charge in [-0.1, -0.05) is 6.92 Å². The molecule has 0 bridgehead atoms. The Labute approximate surface area is 190 Å². The Hall–Kier alpha value is -3.88. The van der Waals surface area contributed by atoms with Crippen LogP contribution in [0.3, 0.4) is 0 Å². The van der Waals surface area contributed by atoms with E-state index in [1.807, 2.05) is 19.1 Å². The molecule has 0 unspecified atom stereocenters. The van der Waals surface area contributed by atoms with Crippen molar-refractivity contribution in [2.45, 2.75) is 31.9 Å². The number of nitrogens with zero attached hydrogens (tertiary/aromatic N) is 2. The average molecular weight is 448 g/mol. The second-order valence-corrected chi connectivity index (χ2v) is 8.37. The number of nitrogens with one attached hydrogen (secondary N) is 2. The van der Waals surface area contributed by atoms with Crippen molar-refractivity contribution < 1.29 is 23.9 Å². The van der Waals surface area contributed by atoms with Crippen LogP contribution in [0, 0.1) is 0 Å². The van der Waals surface area contributed by atoms with E-state index in [2.05, 4.69) is 15.5 Å². The number of esters is 1. The highest BCUT2D eigenvalue weighted by Crippen LogP contribution is 2.34. The van der Waals surface area contributed by atoms with Crippen molar-refractivity contribution in [2.24, 2.45) is 0 Å². The van der Waals surface area contributed by atoms with Gasteiger partial charge in [-0.3, -0.25) is 14.7 Å². The Morgan fingerprint density at radius 2 is 1.97 bits per heavy atom.